The van der Waals surface area contributed by atoms with E-state index in [1.807, 2.05) is 6.07 Å². The van der Waals surface area contributed by atoms with Crippen LogP contribution in [0.2, 0.25) is 0 Å². The zero-order valence-electron chi connectivity index (χ0n) is 9.34. The van der Waals surface area contributed by atoms with Gasteiger partial charge in [0.15, 0.2) is 0 Å². The minimum absolute atomic E-state index is 0.135. The number of aliphatic carboxylic acids is 1. The van der Waals surface area contributed by atoms with Gasteiger partial charge in [-0.1, -0.05) is 6.08 Å². The van der Waals surface area contributed by atoms with Crippen molar-refractivity contribution >= 4 is 11.9 Å². The van der Waals surface area contributed by atoms with Gasteiger partial charge >= 0.3 is 5.97 Å². The first-order valence-corrected chi connectivity index (χ1v) is 4.93. The Bertz CT molecular complexity index is 479. The summed E-state index contributed by atoms with van der Waals surface area (Å²) in [5, 5.41) is 20.3. The van der Waals surface area contributed by atoms with Gasteiger partial charge in [-0.2, -0.15) is 5.26 Å². The molecule has 0 aliphatic rings. The maximum absolute atomic E-state index is 10.9. The molecule has 6 heteroatoms. The lowest BCUT2D eigenvalue weighted by Gasteiger charge is -2.12. The first kappa shape index (κ1) is 12.6. The fraction of sp³-hybridized carbons (Fsp3) is 0.273. The molecule has 1 rings (SSSR count). The number of hydrogen-bond acceptors (Lipinski definition) is 5. The Hall–Kier alpha value is -2.42. The summed E-state index contributed by atoms with van der Waals surface area (Å²) in [4.78, 5) is 18.8. The summed E-state index contributed by atoms with van der Waals surface area (Å²) in [7, 11) is 0. The molecule has 0 spiro atoms. The molecule has 0 saturated heterocycles. The number of carbonyl (C=O) groups is 1. The average molecular weight is 232 g/mol. The SMILES string of the molecule is C=CCC(Nc1nc(C)cc(C#N)n1)C(=O)O. The largest absolute Gasteiger partial charge is 0.480 e. The minimum Gasteiger partial charge on any atom is -0.480 e. The van der Waals surface area contributed by atoms with E-state index in [1.165, 1.54) is 12.1 Å². The molecular weight excluding hydrogens is 220 g/mol. The Balaban J connectivity index is 2.93. The van der Waals surface area contributed by atoms with Crippen molar-refractivity contribution in [1.82, 2.24) is 9.97 Å². The number of rotatable bonds is 5. The Morgan fingerprint density at radius 1 is 1.76 bits per heavy atom. The second kappa shape index (κ2) is 5.61. The fourth-order valence-corrected chi connectivity index (χ4v) is 1.23. The predicted molar refractivity (Wildman–Crippen MR) is 61.3 cm³/mol. The van der Waals surface area contributed by atoms with Crippen molar-refractivity contribution in [1.29, 1.82) is 5.26 Å². The summed E-state index contributed by atoms with van der Waals surface area (Å²) in [6, 6.07) is 2.56. The summed E-state index contributed by atoms with van der Waals surface area (Å²) >= 11 is 0. The summed E-state index contributed by atoms with van der Waals surface area (Å²) in [5.74, 6) is -0.885. The molecule has 0 aliphatic heterocycles. The van der Waals surface area contributed by atoms with Crippen LogP contribution in [0.1, 0.15) is 17.8 Å². The molecule has 0 fully saturated rings. The van der Waals surface area contributed by atoms with E-state index in [4.69, 9.17) is 10.4 Å². The van der Waals surface area contributed by atoms with Gasteiger partial charge in [-0.3, -0.25) is 0 Å². The highest BCUT2D eigenvalue weighted by molar-refractivity contribution is 5.76. The maximum Gasteiger partial charge on any atom is 0.326 e. The van der Waals surface area contributed by atoms with Crippen LogP contribution < -0.4 is 5.32 Å². The quantitative estimate of drug-likeness (QED) is 0.737. The highest BCUT2D eigenvalue weighted by atomic mass is 16.4. The van der Waals surface area contributed by atoms with Crippen molar-refractivity contribution in [3.63, 3.8) is 0 Å². The standard InChI is InChI=1S/C11H12N4O2/c1-3-4-9(10(16)17)15-11-13-7(2)5-8(6-12)14-11/h3,5,9H,1,4H2,2H3,(H,16,17)(H,13,14,15). The molecule has 0 amide bonds. The third kappa shape index (κ3) is 3.57. The van der Waals surface area contributed by atoms with Gasteiger partial charge in [-0.15, -0.1) is 6.58 Å². The Labute approximate surface area is 98.6 Å². The van der Waals surface area contributed by atoms with Crippen LogP contribution in [0.5, 0.6) is 0 Å². The Morgan fingerprint density at radius 3 is 3.00 bits per heavy atom. The minimum atomic E-state index is -1.02. The van der Waals surface area contributed by atoms with E-state index in [2.05, 4.69) is 21.9 Å². The normalized spacial score (nSPS) is 11.3. The van der Waals surface area contributed by atoms with Crippen LogP contribution in [0.15, 0.2) is 18.7 Å². The zero-order valence-corrected chi connectivity index (χ0v) is 9.34. The van der Waals surface area contributed by atoms with Gasteiger partial charge in [-0.25, -0.2) is 14.8 Å². The van der Waals surface area contributed by atoms with E-state index in [-0.39, 0.29) is 18.1 Å². The van der Waals surface area contributed by atoms with Gasteiger partial charge in [0.1, 0.15) is 17.8 Å². The molecule has 17 heavy (non-hydrogen) atoms. The van der Waals surface area contributed by atoms with Gasteiger partial charge in [0.2, 0.25) is 5.95 Å². The van der Waals surface area contributed by atoms with E-state index in [1.54, 1.807) is 6.92 Å². The lowest BCUT2D eigenvalue weighted by molar-refractivity contribution is -0.137. The molecule has 88 valence electrons. The van der Waals surface area contributed by atoms with Crippen LogP contribution in [-0.4, -0.2) is 27.1 Å². The smallest absolute Gasteiger partial charge is 0.326 e. The zero-order chi connectivity index (χ0) is 12.8. The first-order chi connectivity index (χ1) is 8.06. The lowest BCUT2D eigenvalue weighted by atomic mass is 10.2. The molecule has 6 nitrogen and oxygen atoms in total. The summed E-state index contributed by atoms with van der Waals surface area (Å²) in [6.45, 7) is 5.18. The second-order valence-corrected chi connectivity index (χ2v) is 3.39. The average Bonchev–Trinajstić information content (AvgIpc) is 2.27. The Kier molecular flexibility index (Phi) is 4.17. The molecule has 0 saturated carbocycles. The summed E-state index contributed by atoms with van der Waals surface area (Å²) < 4.78 is 0. The van der Waals surface area contributed by atoms with Gasteiger partial charge in [0.05, 0.1) is 0 Å². The van der Waals surface area contributed by atoms with Crippen molar-refractivity contribution < 1.29 is 9.90 Å². The number of carboxylic acids is 1. The van der Waals surface area contributed by atoms with Gasteiger partial charge < -0.3 is 10.4 Å². The monoisotopic (exact) mass is 232 g/mol. The van der Waals surface area contributed by atoms with E-state index in [0.29, 0.717) is 5.69 Å². The third-order valence-electron chi connectivity index (χ3n) is 1.97. The molecule has 1 aromatic heterocycles. The predicted octanol–water partition coefficient (Wildman–Crippen LogP) is 1.10. The van der Waals surface area contributed by atoms with E-state index >= 15 is 0 Å². The summed E-state index contributed by atoms with van der Waals surface area (Å²) in [5.41, 5.74) is 0.796. The molecule has 0 radical (unpaired) electrons. The van der Waals surface area contributed by atoms with Gasteiger partial charge in [-0.05, 0) is 19.4 Å². The molecule has 1 heterocycles. The number of nitriles is 1. The number of nitrogens with zero attached hydrogens (tertiary/aromatic N) is 3. The second-order valence-electron chi connectivity index (χ2n) is 3.39. The number of anilines is 1. The van der Waals surface area contributed by atoms with Crippen molar-refractivity contribution in [2.45, 2.75) is 19.4 Å². The molecule has 1 unspecified atom stereocenters. The summed E-state index contributed by atoms with van der Waals surface area (Å²) in [6.07, 6.45) is 1.74. The molecule has 2 N–H and O–H groups in total. The number of nitrogens with one attached hydrogen (secondary N) is 1. The van der Waals surface area contributed by atoms with Crippen molar-refractivity contribution in [2.24, 2.45) is 0 Å². The fourth-order valence-electron chi connectivity index (χ4n) is 1.23. The van der Waals surface area contributed by atoms with Crippen LogP contribution in [0, 0.1) is 18.3 Å². The van der Waals surface area contributed by atoms with Crippen LogP contribution in [-0.2, 0) is 4.79 Å². The molecule has 1 aromatic rings. The van der Waals surface area contributed by atoms with Crippen molar-refractivity contribution in [2.75, 3.05) is 5.32 Å². The van der Waals surface area contributed by atoms with E-state index in [9.17, 15) is 4.79 Å². The van der Waals surface area contributed by atoms with Crippen LogP contribution in [0.4, 0.5) is 5.95 Å². The molecular formula is C11H12N4O2. The Morgan fingerprint density at radius 2 is 2.47 bits per heavy atom. The highest BCUT2D eigenvalue weighted by Gasteiger charge is 2.16. The number of carboxylic acid groups (broad SMARTS) is 1. The van der Waals surface area contributed by atoms with Crippen LogP contribution in [0.3, 0.4) is 0 Å². The molecule has 1 atom stereocenters. The van der Waals surface area contributed by atoms with Gasteiger partial charge in [0, 0.05) is 5.69 Å². The highest BCUT2D eigenvalue weighted by Crippen LogP contribution is 2.07. The first-order valence-electron chi connectivity index (χ1n) is 4.93. The van der Waals surface area contributed by atoms with Crippen molar-refractivity contribution in [3.05, 3.63) is 30.1 Å². The number of aromatic nitrogens is 2. The molecule has 0 aliphatic carbocycles. The van der Waals surface area contributed by atoms with E-state index < -0.39 is 12.0 Å². The van der Waals surface area contributed by atoms with Crippen LogP contribution >= 0.6 is 0 Å². The number of aryl methyl sites for hydroxylation is 1. The third-order valence-corrected chi connectivity index (χ3v) is 1.97. The van der Waals surface area contributed by atoms with Crippen LogP contribution in [0.25, 0.3) is 0 Å². The number of hydrogen-bond donors (Lipinski definition) is 2. The van der Waals surface area contributed by atoms with E-state index in [0.717, 1.165) is 0 Å². The lowest BCUT2D eigenvalue weighted by Crippen LogP contribution is -2.29. The topological polar surface area (TPSA) is 98.9 Å². The molecule has 0 aromatic carbocycles. The van der Waals surface area contributed by atoms with Gasteiger partial charge in [0.25, 0.3) is 0 Å². The van der Waals surface area contributed by atoms with Crippen molar-refractivity contribution in [3.8, 4) is 6.07 Å². The maximum atomic E-state index is 10.9. The molecule has 0 bridgehead atoms.